The average Bonchev–Trinajstić information content (AvgIpc) is 3.49. The largest absolute Gasteiger partial charge is 0.451 e. The van der Waals surface area contributed by atoms with Crippen molar-refractivity contribution < 1.29 is 27.5 Å². The highest BCUT2D eigenvalue weighted by Gasteiger charge is 2.36. The molecule has 4 heterocycles. The highest BCUT2D eigenvalue weighted by molar-refractivity contribution is 6.06. The first-order chi connectivity index (χ1) is 17.3. The van der Waals surface area contributed by atoms with Crippen molar-refractivity contribution in [2.75, 3.05) is 41.8 Å². The van der Waals surface area contributed by atoms with Gasteiger partial charge >= 0.3 is 0 Å². The molecule has 0 aliphatic carbocycles. The number of halogens is 2. The molecule has 5 rings (SSSR count). The fourth-order valence-electron chi connectivity index (χ4n) is 4.23. The van der Waals surface area contributed by atoms with Crippen molar-refractivity contribution >= 4 is 34.4 Å². The molecule has 0 bridgehead atoms. The number of carbonyl (C=O) groups is 1. The molecule has 1 aliphatic heterocycles. The van der Waals surface area contributed by atoms with Crippen molar-refractivity contribution in [3.8, 4) is 11.3 Å². The van der Waals surface area contributed by atoms with Crippen molar-refractivity contribution in [3.63, 3.8) is 0 Å². The highest BCUT2D eigenvalue weighted by atomic mass is 19.3. The van der Waals surface area contributed by atoms with Gasteiger partial charge in [0.05, 0.1) is 24.5 Å². The minimum Gasteiger partial charge on any atom is -0.451 e. The van der Waals surface area contributed by atoms with Crippen molar-refractivity contribution in [2.24, 2.45) is 0 Å². The summed E-state index contributed by atoms with van der Waals surface area (Å²) in [6.45, 7) is 1.92. The Labute approximate surface area is 205 Å². The van der Waals surface area contributed by atoms with Gasteiger partial charge in [-0.3, -0.25) is 9.78 Å². The van der Waals surface area contributed by atoms with Gasteiger partial charge in [0.2, 0.25) is 0 Å². The van der Waals surface area contributed by atoms with E-state index in [1.54, 1.807) is 41.4 Å². The molecule has 0 saturated carbocycles. The number of amides is 1. The van der Waals surface area contributed by atoms with Crippen LogP contribution in [0.15, 0.2) is 51.4 Å². The molecule has 3 aromatic heterocycles. The van der Waals surface area contributed by atoms with Crippen molar-refractivity contribution in [2.45, 2.75) is 25.7 Å². The second-order valence-electron chi connectivity index (χ2n) is 8.69. The van der Waals surface area contributed by atoms with Gasteiger partial charge in [-0.05, 0) is 43.7 Å². The quantitative estimate of drug-likeness (QED) is 0.337. The molecule has 36 heavy (non-hydrogen) atoms. The molecule has 3 N–H and O–H groups in total. The zero-order valence-electron chi connectivity index (χ0n) is 19.6. The molecule has 1 aromatic carbocycles. The number of piperidine rings is 1. The number of oxazole rings is 1. The number of fused-ring (bicyclic) bond motifs is 1. The van der Waals surface area contributed by atoms with E-state index in [4.69, 9.17) is 13.9 Å². The van der Waals surface area contributed by atoms with Crippen LogP contribution in [-0.2, 0) is 0 Å². The van der Waals surface area contributed by atoms with E-state index in [2.05, 4.69) is 20.6 Å². The molecular weight excluding hydrogens is 472 g/mol. The molecule has 1 saturated heterocycles. The topological polar surface area (TPSA) is 117 Å². The van der Waals surface area contributed by atoms with E-state index in [9.17, 15) is 13.6 Å². The van der Waals surface area contributed by atoms with Crippen LogP contribution >= 0.6 is 0 Å². The van der Waals surface area contributed by atoms with Gasteiger partial charge in [-0.15, -0.1) is 0 Å². The fourth-order valence-corrected chi connectivity index (χ4v) is 4.23. The Bertz CT molecular complexity index is 1400. The normalized spacial score (nSPS) is 15.3. The number of nitrogens with one attached hydrogen (secondary N) is 2. The third-order valence-electron chi connectivity index (χ3n) is 5.89. The van der Waals surface area contributed by atoms with E-state index < -0.39 is 18.4 Å². The van der Waals surface area contributed by atoms with E-state index >= 15 is 0 Å². The van der Waals surface area contributed by atoms with Crippen LogP contribution < -0.4 is 15.5 Å². The molecule has 0 atom stereocenters. The Morgan fingerprint density at radius 3 is 2.86 bits per heavy atom. The average molecular weight is 498 g/mol. The third kappa shape index (κ3) is 5.01. The molecule has 0 spiro atoms. The lowest BCUT2D eigenvalue weighted by Crippen LogP contribution is -2.43. The second-order valence-corrected chi connectivity index (χ2v) is 8.69. The number of hydrogen-bond acceptors (Lipinski definition) is 8. The van der Waals surface area contributed by atoms with Gasteiger partial charge in [-0.25, -0.2) is 8.78 Å². The van der Waals surface area contributed by atoms with Gasteiger partial charge in [0, 0.05) is 43.0 Å². The molecule has 11 heteroatoms. The molecular formula is C25H25F2N5O4. The summed E-state index contributed by atoms with van der Waals surface area (Å²) in [5.74, 6) is -2.80. The van der Waals surface area contributed by atoms with Crippen LogP contribution in [0.4, 0.5) is 26.2 Å². The summed E-state index contributed by atoms with van der Waals surface area (Å²) in [6.07, 6.45) is 1.79. The number of rotatable bonds is 7. The van der Waals surface area contributed by atoms with Crippen molar-refractivity contribution in [3.05, 3.63) is 54.0 Å². The van der Waals surface area contributed by atoms with E-state index in [0.717, 1.165) is 11.3 Å². The zero-order chi connectivity index (χ0) is 25.3. The molecule has 0 unspecified atom stereocenters. The molecule has 1 amide bonds. The number of benzene rings is 1. The smallest absolute Gasteiger partial charge is 0.295 e. The predicted octanol–water partition coefficient (Wildman–Crippen LogP) is 4.68. The number of aryl methyl sites for hydroxylation is 1. The summed E-state index contributed by atoms with van der Waals surface area (Å²) in [5, 5.41) is 14.7. The van der Waals surface area contributed by atoms with Gasteiger partial charge in [0.25, 0.3) is 17.8 Å². The molecule has 188 valence electrons. The minimum absolute atomic E-state index is 0.0670. The zero-order valence-corrected chi connectivity index (χ0v) is 19.6. The van der Waals surface area contributed by atoms with Crippen LogP contribution in [-0.4, -0.2) is 53.1 Å². The SMILES string of the molecule is Cc1cc(-c2ccc(C(=O)Nc3cc4oc(NCCO)nc4cc3N3CCCC(F)(F)C3)o2)ccn1. The number of aliphatic hydroxyl groups is 1. The number of pyridine rings is 1. The lowest BCUT2D eigenvalue weighted by atomic mass is 10.1. The molecule has 9 nitrogen and oxygen atoms in total. The van der Waals surface area contributed by atoms with Crippen LogP contribution in [0.5, 0.6) is 0 Å². The maximum absolute atomic E-state index is 14.2. The number of furan rings is 1. The lowest BCUT2D eigenvalue weighted by molar-refractivity contribution is -0.0116. The molecule has 1 aliphatic rings. The molecule has 0 radical (unpaired) electrons. The van der Waals surface area contributed by atoms with Gasteiger partial charge in [-0.2, -0.15) is 4.98 Å². The number of aliphatic hydroxyl groups excluding tert-OH is 1. The van der Waals surface area contributed by atoms with Crippen LogP contribution in [0.2, 0.25) is 0 Å². The van der Waals surface area contributed by atoms with Crippen LogP contribution in [0, 0.1) is 6.92 Å². The van der Waals surface area contributed by atoms with Crippen LogP contribution in [0.1, 0.15) is 29.1 Å². The third-order valence-corrected chi connectivity index (χ3v) is 5.89. The summed E-state index contributed by atoms with van der Waals surface area (Å²) in [4.78, 5) is 23.1. The Morgan fingerprint density at radius 2 is 2.08 bits per heavy atom. The van der Waals surface area contributed by atoms with E-state index in [-0.39, 0.29) is 31.3 Å². The lowest BCUT2D eigenvalue weighted by Gasteiger charge is -2.35. The minimum atomic E-state index is -2.84. The number of nitrogens with zero attached hydrogens (tertiary/aromatic N) is 3. The first-order valence-electron chi connectivity index (χ1n) is 11.6. The van der Waals surface area contributed by atoms with E-state index in [1.165, 1.54) is 0 Å². The Kier molecular flexibility index (Phi) is 6.31. The summed E-state index contributed by atoms with van der Waals surface area (Å²) in [5.41, 5.74) is 3.09. The summed E-state index contributed by atoms with van der Waals surface area (Å²) < 4.78 is 39.9. The van der Waals surface area contributed by atoms with Crippen LogP contribution in [0.3, 0.4) is 0 Å². The van der Waals surface area contributed by atoms with Gasteiger partial charge < -0.3 is 29.5 Å². The summed E-state index contributed by atoms with van der Waals surface area (Å²) >= 11 is 0. The summed E-state index contributed by atoms with van der Waals surface area (Å²) in [7, 11) is 0. The predicted molar refractivity (Wildman–Crippen MR) is 131 cm³/mol. The van der Waals surface area contributed by atoms with Crippen molar-refractivity contribution in [1.82, 2.24) is 9.97 Å². The number of anilines is 3. The molecule has 1 fully saturated rings. The standard InChI is InChI=1S/C25H25F2N5O4/c1-15-11-16(5-7-28-15)20-3-4-21(35-20)23(34)30-17-13-22-18(31-24(36-22)29-8-10-33)12-19(17)32-9-2-6-25(26,27)14-32/h3-5,7,11-13,33H,2,6,8-10,14H2,1H3,(H,29,31)(H,30,34). The fraction of sp³-hybridized carbons (Fsp3) is 0.320. The second kappa shape index (κ2) is 9.57. The highest BCUT2D eigenvalue weighted by Crippen LogP contribution is 2.37. The maximum Gasteiger partial charge on any atom is 0.295 e. The number of alkyl halides is 2. The Balaban J connectivity index is 1.47. The molecule has 4 aromatic rings. The van der Waals surface area contributed by atoms with E-state index in [0.29, 0.717) is 41.2 Å². The first kappa shape index (κ1) is 23.7. The Hall–Kier alpha value is -3.99. The number of carbonyl (C=O) groups excluding carboxylic acids is 1. The Morgan fingerprint density at radius 1 is 1.22 bits per heavy atom. The monoisotopic (exact) mass is 497 g/mol. The number of aromatic nitrogens is 2. The first-order valence-corrected chi connectivity index (χ1v) is 11.6. The van der Waals surface area contributed by atoms with Crippen molar-refractivity contribution in [1.29, 1.82) is 0 Å². The van der Waals surface area contributed by atoms with E-state index in [1.807, 2.05) is 13.0 Å². The summed E-state index contributed by atoms with van der Waals surface area (Å²) in [6, 6.07) is 10.2. The van der Waals surface area contributed by atoms with Gasteiger partial charge in [0.1, 0.15) is 11.3 Å². The maximum atomic E-state index is 14.2. The number of hydrogen-bond donors (Lipinski definition) is 3. The van der Waals surface area contributed by atoms with Gasteiger partial charge in [0.15, 0.2) is 11.3 Å². The van der Waals surface area contributed by atoms with Gasteiger partial charge in [-0.1, -0.05) is 0 Å². The van der Waals surface area contributed by atoms with Crippen LogP contribution in [0.25, 0.3) is 22.4 Å².